The number of nitrogens with two attached hydrogens (primary N) is 8. The van der Waals surface area contributed by atoms with Gasteiger partial charge in [0.05, 0.1) is 18.2 Å². The molecule has 1 rings (SSSR count). The van der Waals surface area contributed by atoms with Gasteiger partial charge >= 0.3 is 0 Å². The summed E-state index contributed by atoms with van der Waals surface area (Å²) in [6.07, 6.45) is 11.5. The van der Waals surface area contributed by atoms with Crippen LogP contribution in [0.4, 0.5) is 0 Å². The van der Waals surface area contributed by atoms with Gasteiger partial charge in [0.25, 0.3) is 0 Å². The van der Waals surface area contributed by atoms with Crippen LogP contribution in [0.15, 0.2) is 40.3 Å². The molecule has 16 N–H and O–H groups in total. The fraction of sp³-hybridized carbons (Fsp3) is 0.667. The highest BCUT2D eigenvalue weighted by Crippen LogP contribution is 2.19. The Morgan fingerprint density at radius 1 is 0.596 bits per heavy atom. The van der Waals surface area contributed by atoms with E-state index in [2.05, 4.69) is 9.98 Å². The van der Waals surface area contributed by atoms with Gasteiger partial charge in [0.2, 0.25) is 11.8 Å². The number of carbonyl (C=O) groups is 3. The van der Waals surface area contributed by atoms with Crippen molar-refractivity contribution in [3.8, 4) is 0 Å². The van der Waals surface area contributed by atoms with E-state index >= 15 is 0 Å². The second-order valence-corrected chi connectivity index (χ2v) is 12.2. The van der Waals surface area contributed by atoms with Crippen molar-refractivity contribution in [2.45, 2.75) is 127 Å². The van der Waals surface area contributed by atoms with Crippen LogP contribution in [0.25, 0.3) is 0 Å². The van der Waals surface area contributed by atoms with E-state index in [9.17, 15) is 14.4 Å². The van der Waals surface area contributed by atoms with Crippen LogP contribution in [0.3, 0.4) is 0 Å². The zero-order chi connectivity index (χ0) is 35.0. The van der Waals surface area contributed by atoms with Gasteiger partial charge < -0.3 is 45.9 Å². The summed E-state index contributed by atoms with van der Waals surface area (Å²) in [6.45, 7) is 0.549. The fourth-order valence-electron chi connectivity index (χ4n) is 5.33. The van der Waals surface area contributed by atoms with Crippen molar-refractivity contribution in [2.24, 2.45) is 55.9 Å². The Hall–Kier alpha value is -3.59. The second kappa shape index (κ2) is 24.6. The SMILES string of the molecule is NC(N)=NCCC[C@H](N)C(=O)N(C(=O)[C@@H](N)CCCN=C(N)N)[C@@H](Cc1ccccc1)C(=O)CCCCCCCCCCCC(N)N. The molecule has 0 radical (unpaired) electrons. The van der Waals surface area contributed by atoms with Crippen LogP contribution < -0.4 is 45.9 Å². The number of aliphatic imine (C=N–C) groups is 2. The lowest BCUT2D eigenvalue weighted by molar-refractivity contribution is -0.153. The van der Waals surface area contributed by atoms with E-state index in [0.29, 0.717) is 19.3 Å². The lowest BCUT2D eigenvalue weighted by atomic mass is 9.94. The molecule has 0 spiro atoms. The van der Waals surface area contributed by atoms with Gasteiger partial charge in [-0.1, -0.05) is 81.7 Å². The first-order chi connectivity index (χ1) is 22.4. The second-order valence-electron chi connectivity index (χ2n) is 12.2. The van der Waals surface area contributed by atoms with Crippen LogP contribution in [0.2, 0.25) is 0 Å². The monoisotopic (exact) mass is 659 g/mol. The van der Waals surface area contributed by atoms with Crippen LogP contribution in [0.1, 0.15) is 102 Å². The molecule has 1 aromatic rings. The Kier molecular flexibility index (Phi) is 21.7. The summed E-state index contributed by atoms with van der Waals surface area (Å²) < 4.78 is 0. The van der Waals surface area contributed by atoms with E-state index in [0.717, 1.165) is 68.3 Å². The highest BCUT2D eigenvalue weighted by Gasteiger charge is 2.38. The van der Waals surface area contributed by atoms with E-state index in [1.807, 2.05) is 30.3 Å². The van der Waals surface area contributed by atoms with E-state index in [1.165, 1.54) is 0 Å². The van der Waals surface area contributed by atoms with E-state index < -0.39 is 29.9 Å². The van der Waals surface area contributed by atoms with Gasteiger partial charge in [0.1, 0.15) is 6.04 Å². The Balaban J connectivity index is 3.01. The maximum Gasteiger partial charge on any atom is 0.246 e. The van der Waals surface area contributed by atoms with Gasteiger partial charge in [-0.05, 0) is 44.1 Å². The molecule has 1 aromatic carbocycles. The number of carbonyl (C=O) groups excluding carboxylic acids is 3. The van der Waals surface area contributed by atoms with Crippen LogP contribution in [-0.2, 0) is 20.8 Å². The first-order valence-corrected chi connectivity index (χ1v) is 17.0. The Labute approximate surface area is 280 Å². The lowest BCUT2D eigenvalue weighted by Gasteiger charge is -2.33. The predicted molar refractivity (Wildman–Crippen MR) is 190 cm³/mol. The summed E-state index contributed by atoms with van der Waals surface area (Å²) in [5.74, 6) is -1.63. The molecule has 0 aliphatic rings. The highest BCUT2D eigenvalue weighted by atomic mass is 16.2. The molecule has 0 saturated carbocycles. The van der Waals surface area contributed by atoms with Crippen molar-refractivity contribution < 1.29 is 14.4 Å². The number of imide groups is 1. The molecule has 0 aromatic heterocycles. The smallest absolute Gasteiger partial charge is 0.246 e. The van der Waals surface area contributed by atoms with Gasteiger partial charge in [0, 0.05) is 25.9 Å². The fourth-order valence-corrected chi connectivity index (χ4v) is 5.33. The van der Waals surface area contributed by atoms with Crippen LogP contribution >= 0.6 is 0 Å². The number of guanidine groups is 2. The summed E-state index contributed by atoms with van der Waals surface area (Å²) in [7, 11) is 0. The number of unbranched alkanes of at least 4 members (excludes halogenated alkanes) is 8. The van der Waals surface area contributed by atoms with Crippen molar-refractivity contribution in [1.29, 1.82) is 0 Å². The predicted octanol–water partition coefficient (Wildman–Crippen LogP) is 0.818. The number of Topliss-reactive ketones (excluding diaryl/α,β-unsaturated/α-hetero) is 1. The molecule has 0 aliphatic heterocycles. The largest absolute Gasteiger partial charge is 0.370 e. The summed E-state index contributed by atoms with van der Waals surface area (Å²) in [6, 6.07) is 6.13. The molecule has 14 nitrogen and oxygen atoms in total. The average Bonchev–Trinajstić information content (AvgIpc) is 3.03. The Morgan fingerprint density at radius 3 is 1.49 bits per heavy atom. The minimum atomic E-state index is -1.06. The molecule has 0 unspecified atom stereocenters. The number of benzene rings is 1. The number of hydrogen-bond acceptors (Lipinski definition) is 9. The normalized spacial score (nSPS) is 13.0. The molecule has 0 heterocycles. The summed E-state index contributed by atoms with van der Waals surface area (Å²) in [4.78, 5) is 50.5. The van der Waals surface area contributed by atoms with Crippen molar-refractivity contribution in [3.63, 3.8) is 0 Å². The standard InChI is InChI=1S/C33H61N11O3/c34-25(17-13-21-42-32(38)39)30(46)44(31(47)26(35)18-14-22-43-33(40)41)27(23-24-15-9-8-10-16-24)28(45)19-11-6-4-2-1-3-5-7-12-20-29(36)37/h8-10,15-16,25-27,29H,1-7,11-14,17-23,34-37H2,(H4,38,39,42)(H4,40,41,43)/t25-,26-,27-/m0/s1. The topological polar surface area (TPSA) is 287 Å². The molecule has 14 heteroatoms. The maximum atomic E-state index is 13.9. The third kappa shape index (κ3) is 19.0. The van der Waals surface area contributed by atoms with Crippen molar-refractivity contribution in [3.05, 3.63) is 35.9 Å². The third-order valence-corrected chi connectivity index (χ3v) is 7.96. The van der Waals surface area contributed by atoms with Gasteiger partial charge in [0.15, 0.2) is 17.7 Å². The first-order valence-electron chi connectivity index (χ1n) is 17.0. The molecule has 0 aliphatic carbocycles. The number of ketones is 1. The van der Waals surface area contributed by atoms with Gasteiger partial charge in [-0.25, -0.2) is 0 Å². The molecule has 3 atom stereocenters. The minimum Gasteiger partial charge on any atom is -0.370 e. The maximum absolute atomic E-state index is 13.9. The highest BCUT2D eigenvalue weighted by molar-refractivity contribution is 6.04. The van der Waals surface area contributed by atoms with E-state index in [4.69, 9.17) is 45.9 Å². The van der Waals surface area contributed by atoms with Gasteiger partial charge in [-0.3, -0.25) is 29.3 Å². The van der Waals surface area contributed by atoms with Crippen molar-refractivity contribution in [2.75, 3.05) is 13.1 Å². The quantitative estimate of drug-likeness (QED) is 0.0298. The molecule has 0 fully saturated rings. The summed E-state index contributed by atoms with van der Waals surface area (Å²) in [5, 5.41) is 0. The van der Waals surface area contributed by atoms with Crippen LogP contribution in [0, 0.1) is 0 Å². The van der Waals surface area contributed by atoms with Gasteiger partial charge in [-0.15, -0.1) is 0 Å². The average molecular weight is 660 g/mol. The van der Waals surface area contributed by atoms with Crippen LogP contribution in [-0.4, -0.2) is 71.8 Å². The molecular formula is C33H61N11O3. The number of amides is 2. The Morgan fingerprint density at radius 2 is 1.04 bits per heavy atom. The van der Waals surface area contributed by atoms with Gasteiger partial charge in [-0.2, -0.15) is 0 Å². The van der Waals surface area contributed by atoms with Crippen LogP contribution in [0.5, 0.6) is 0 Å². The Bertz CT molecular complexity index is 1050. The molecule has 2 amide bonds. The summed E-state index contributed by atoms with van der Waals surface area (Å²) >= 11 is 0. The molecule has 0 saturated heterocycles. The van der Waals surface area contributed by atoms with Crippen molar-refractivity contribution >= 4 is 29.5 Å². The minimum absolute atomic E-state index is 0.0640. The zero-order valence-corrected chi connectivity index (χ0v) is 28.1. The number of nitrogens with zero attached hydrogens (tertiary/aromatic N) is 3. The number of hydrogen-bond donors (Lipinski definition) is 8. The summed E-state index contributed by atoms with van der Waals surface area (Å²) in [5.41, 5.74) is 46.3. The third-order valence-electron chi connectivity index (χ3n) is 7.96. The zero-order valence-electron chi connectivity index (χ0n) is 28.1. The molecule has 0 bridgehead atoms. The first kappa shape index (κ1) is 41.4. The molecular weight excluding hydrogens is 598 g/mol. The molecule has 47 heavy (non-hydrogen) atoms. The van der Waals surface area contributed by atoms with E-state index in [-0.39, 0.29) is 62.6 Å². The lowest BCUT2D eigenvalue weighted by Crippen LogP contribution is -2.58. The number of rotatable bonds is 26. The van der Waals surface area contributed by atoms with E-state index in [1.54, 1.807) is 0 Å². The molecule has 266 valence electrons. The van der Waals surface area contributed by atoms with Crippen molar-refractivity contribution in [1.82, 2.24) is 4.90 Å².